The maximum absolute atomic E-state index is 14.5. The van der Waals surface area contributed by atoms with Crippen molar-refractivity contribution in [2.75, 3.05) is 23.3 Å². The zero-order chi connectivity index (χ0) is 17.3. The fourth-order valence-electron chi connectivity index (χ4n) is 3.47. The SMILES string of the molecule is CCN(CC)c1ncc(NC2CCCC2)c2c(F)c(F)c(F)cc12. The molecule has 0 spiro atoms. The van der Waals surface area contributed by atoms with Gasteiger partial charge in [-0.3, -0.25) is 0 Å². The summed E-state index contributed by atoms with van der Waals surface area (Å²) in [5.74, 6) is -3.30. The van der Waals surface area contributed by atoms with Gasteiger partial charge in [-0.2, -0.15) is 0 Å². The van der Waals surface area contributed by atoms with Crippen molar-refractivity contribution in [1.29, 1.82) is 0 Å². The number of rotatable bonds is 5. The lowest BCUT2D eigenvalue weighted by Gasteiger charge is -2.24. The third-order valence-corrected chi connectivity index (χ3v) is 4.77. The summed E-state index contributed by atoms with van der Waals surface area (Å²) in [5, 5.41) is 3.65. The highest BCUT2D eigenvalue weighted by atomic mass is 19.2. The number of aromatic nitrogens is 1. The molecular formula is C18H22F3N3. The molecule has 1 N–H and O–H groups in total. The highest BCUT2D eigenvalue weighted by Crippen LogP contribution is 2.36. The number of anilines is 2. The molecule has 0 radical (unpaired) electrons. The summed E-state index contributed by atoms with van der Waals surface area (Å²) in [6, 6.07) is 1.27. The average Bonchev–Trinajstić information content (AvgIpc) is 3.08. The van der Waals surface area contributed by atoms with E-state index in [0.717, 1.165) is 31.7 Å². The number of fused-ring (bicyclic) bond motifs is 1. The first-order valence-electron chi connectivity index (χ1n) is 8.54. The van der Waals surface area contributed by atoms with E-state index in [-0.39, 0.29) is 11.4 Å². The predicted octanol–water partition coefficient (Wildman–Crippen LogP) is 4.85. The van der Waals surface area contributed by atoms with Crippen LogP contribution in [0, 0.1) is 17.5 Å². The maximum Gasteiger partial charge on any atom is 0.195 e. The Morgan fingerprint density at radius 1 is 1.12 bits per heavy atom. The lowest BCUT2D eigenvalue weighted by atomic mass is 10.1. The van der Waals surface area contributed by atoms with E-state index in [2.05, 4.69) is 10.3 Å². The minimum absolute atomic E-state index is 0.0812. The van der Waals surface area contributed by atoms with Crippen LogP contribution in [0.4, 0.5) is 24.7 Å². The Morgan fingerprint density at radius 2 is 1.79 bits per heavy atom. The molecule has 6 heteroatoms. The number of benzene rings is 1. The maximum atomic E-state index is 14.5. The molecule has 1 aromatic heterocycles. The Hall–Kier alpha value is -1.98. The molecule has 0 saturated heterocycles. The fourth-order valence-corrected chi connectivity index (χ4v) is 3.47. The van der Waals surface area contributed by atoms with Gasteiger partial charge < -0.3 is 10.2 Å². The van der Waals surface area contributed by atoms with Crippen LogP contribution in [-0.2, 0) is 0 Å². The van der Waals surface area contributed by atoms with Crippen molar-refractivity contribution in [3.63, 3.8) is 0 Å². The Morgan fingerprint density at radius 3 is 2.42 bits per heavy atom. The van der Waals surface area contributed by atoms with Crippen LogP contribution in [0.25, 0.3) is 10.8 Å². The lowest BCUT2D eigenvalue weighted by Crippen LogP contribution is -2.24. The van der Waals surface area contributed by atoms with Gasteiger partial charge in [0.1, 0.15) is 5.82 Å². The summed E-state index contributed by atoms with van der Waals surface area (Å²) < 4.78 is 42.2. The van der Waals surface area contributed by atoms with E-state index in [1.54, 1.807) is 0 Å². The number of hydrogen-bond donors (Lipinski definition) is 1. The predicted molar refractivity (Wildman–Crippen MR) is 91.1 cm³/mol. The first kappa shape index (κ1) is 16.9. The van der Waals surface area contributed by atoms with Crippen LogP contribution in [0.15, 0.2) is 12.3 Å². The summed E-state index contributed by atoms with van der Waals surface area (Å²) in [7, 11) is 0. The van der Waals surface area contributed by atoms with Gasteiger partial charge in [-0.25, -0.2) is 18.2 Å². The van der Waals surface area contributed by atoms with Crippen molar-refractivity contribution in [1.82, 2.24) is 4.98 Å². The molecule has 1 aromatic carbocycles. The smallest absolute Gasteiger partial charge is 0.195 e. The molecule has 0 bridgehead atoms. The quantitative estimate of drug-likeness (QED) is 0.790. The van der Waals surface area contributed by atoms with Gasteiger partial charge in [-0.15, -0.1) is 0 Å². The second kappa shape index (κ2) is 6.87. The van der Waals surface area contributed by atoms with E-state index in [4.69, 9.17) is 0 Å². The molecule has 24 heavy (non-hydrogen) atoms. The van der Waals surface area contributed by atoms with Crippen LogP contribution in [-0.4, -0.2) is 24.1 Å². The fraction of sp³-hybridized carbons (Fsp3) is 0.500. The Balaban J connectivity index is 2.19. The Labute approximate surface area is 139 Å². The van der Waals surface area contributed by atoms with Crippen molar-refractivity contribution in [2.24, 2.45) is 0 Å². The molecule has 1 aliphatic rings. The number of hydrogen-bond acceptors (Lipinski definition) is 3. The second-order valence-electron chi connectivity index (χ2n) is 6.20. The van der Waals surface area contributed by atoms with E-state index in [1.807, 2.05) is 18.7 Å². The third-order valence-electron chi connectivity index (χ3n) is 4.77. The third kappa shape index (κ3) is 2.89. The summed E-state index contributed by atoms with van der Waals surface area (Å²) in [6.07, 6.45) is 5.75. The van der Waals surface area contributed by atoms with Gasteiger partial charge in [-0.05, 0) is 32.8 Å². The molecule has 0 atom stereocenters. The monoisotopic (exact) mass is 337 g/mol. The van der Waals surface area contributed by atoms with Crippen molar-refractivity contribution < 1.29 is 13.2 Å². The molecule has 0 aliphatic heterocycles. The Kier molecular flexibility index (Phi) is 4.83. The summed E-state index contributed by atoms with van der Waals surface area (Å²) in [6.45, 7) is 5.18. The number of halogens is 3. The van der Waals surface area contributed by atoms with Gasteiger partial charge in [0.05, 0.1) is 11.9 Å². The summed E-state index contributed by atoms with van der Waals surface area (Å²) in [4.78, 5) is 6.31. The van der Waals surface area contributed by atoms with E-state index in [9.17, 15) is 13.2 Å². The lowest BCUT2D eigenvalue weighted by molar-refractivity contribution is 0.453. The highest BCUT2D eigenvalue weighted by molar-refractivity contribution is 6.00. The standard InChI is InChI=1S/C18H22F3N3/c1-3-24(4-2)18-12-9-13(19)16(20)17(21)15(12)14(10-22-18)23-11-7-5-6-8-11/h9-11,23H,3-8H2,1-2H3. The molecule has 0 unspecified atom stereocenters. The van der Waals surface area contributed by atoms with Crippen LogP contribution < -0.4 is 10.2 Å². The summed E-state index contributed by atoms with van der Waals surface area (Å²) >= 11 is 0. The van der Waals surface area contributed by atoms with Gasteiger partial charge in [0.15, 0.2) is 17.5 Å². The first-order chi connectivity index (χ1) is 11.6. The molecular weight excluding hydrogens is 315 g/mol. The van der Waals surface area contributed by atoms with Gasteiger partial charge >= 0.3 is 0 Å². The van der Waals surface area contributed by atoms with E-state index < -0.39 is 17.5 Å². The van der Waals surface area contributed by atoms with E-state index in [0.29, 0.717) is 30.0 Å². The van der Waals surface area contributed by atoms with Crippen LogP contribution in [0.1, 0.15) is 39.5 Å². The first-order valence-corrected chi connectivity index (χ1v) is 8.54. The van der Waals surface area contributed by atoms with Crippen molar-refractivity contribution >= 4 is 22.3 Å². The van der Waals surface area contributed by atoms with Crippen LogP contribution >= 0.6 is 0 Å². The topological polar surface area (TPSA) is 28.2 Å². The van der Waals surface area contributed by atoms with E-state index in [1.165, 1.54) is 6.20 Å². The number of pyridine rings is 1. The van der Waals surface area contributed by atoms with Crippen LogP contribution in [0.5, 0.6) is 0 Å². The molecule has 3 nitrogen and oxygen atoms in total. The van der Waals surface area contributed by atoms with E-state index >= 15 is 0 Å². The minimum Gasteiger partial charge on any atom is -0.380 e. The van der Waals surface area contributed by atoms with Crippen molar-refractivity contribution in [3.8, 4) is 0 Å². The molecule has 130 valence electrons. The second-order valence-corrected chi connectivity index (χ2v) is 6.20. The van der Waals surface area contributed by atoms with Gasteiger partial charge in [0.25, 0.3) is 0 Å². The number of nitrogens with zero attached hydrogens (tertiary/aromatic N) is 2. The highest BCUT2D eigenvalue weighted by Gasteiger charge is 2.23. The minimum atomic E-state index is -1.44. The summed E-state index contributed by atoms with van der Waals surface area (Å²) in [5.41, 5.74) is 0.434. The molecule has 1 heterocycles. The van der Waals surface area contributed by atoms with Crippen molar-refractivity contribution in [2.45, 2.75) is 45.6 Å². The molecule has 0 amide bonds. The zero-order valence-electron chi connectivity index (χ0n) is 14.0. The van der Waals surface area contributed by atoms with Gasteiger partial charge in [0, 0.05) is 29.9 Å². The molecule has 1 fully saturated rings. The van der Waals surface area contributed by atoms with Crippen LogP contribution in [0.3, 0.4) is 0 Å². The van der Waals surface area contributed by atoms with Crippen LogP contribution in [0.2, 0.25) is 0 Å². The molecule has 1 aliphatic carbocycles. The Bertz CT molecular complexity index is 738. The molecule has 2 aromatic rings. The molecule has 3 rings (SSSR count). The van der Waals surface area contributed by atoms with Gasteiger partial charge in [0.2, 0.25) is 0 Å². The largest absolute Gasteiger partial charge is 0.380 e. The average molecular weight is 337 g/mol. The molecule has 1 saturated carbocycles. The van der Waals surface area contributed by atoms with Crippen molar-refractivity contribution in [3.05, 3.63) is 29.7 Å². The normalized spacial score (nSPS) is 15.2. The number of nitrogens with one attached hydrogen (secondary N) is 1. The van der Waals surface area contributed by atoms with Gasteiger partial charge in [-0.1, -0.05) is 12.8 Å². The zero-order valence-corrected chi connectivity index (χ0v) is 14.0.